The third-order valence-electron chi connectivity index (χ3n) is 3.19. The van der Waals surface area contributed by atoms with E-state index in [9.17, 15) is 4.79 Å². The fourth-order valence-electron chi connectivity index (χ4n) is 2.10. The third-order valence-corrected chi connectivity index (χ3v) is 3.19. The Balaban J connectivity index is 1.75. The summed E-state index contributed by atoms with van der Waals surface area (Å²) in [5.74, 6) is 1.90. The van der Waals surface area contributed by atoms with Gasteiger partial charge in [-0.25, -0.2) is 0 Å². The molecule has 1 aromatic carbocycles. The van der Waals surface area contributed by atoms with E-state index in [-0.39, 0.29) is 11.8 Å². The lowest BCUT2D eigenvalue weighted by molar-refractivity contribution is -0.127. The summed E-state index contributed by atoms with van der Waals surface area (Å²) in [6.45, 7) is 1.39. The van der Waals surface area contributed by atoms with Crippen molar-refractivity contribution in [1.82, 2.24) is 5.32 Å². The van der Waals surface area contributed by atoms with Gasteiger partial charge in [0.15, 0.2) is 0 Å². The molecular weight excluding hydrogens is 230 g/mol. The summed E-state index contributed by atoms with van der Waals surface area (Å²) in [5.41, 5.74) is 0. The molecule has 1 saturated heterocycles. The van der Waals surface area contributed by atoms with Crippen LogP contribution in [0.1, 0.15) is 19.3 Å². The first-order valence-corrected chi connectivity index (χ1v) is 6.34. The van der Waals surface area contributed by atoms with Crippen molar-refractivity contribution in [2.75, 3.05) is 20.3 Å². The number of piperidine rings is 1. The quantitative estimate of drug-likeness (QED) is 0.868. The van der Waals surface area contributed by atoms with Gasteiger partial charge in [-0.3, -0.25) is 4.79 Å². The molecule has 1 fully saturated rings. The van der Waals surface area contributed by atoms with Crippen LogP contribution in [-0.2, 0) is 4.79 Å². The molecule has 0 bridgehead atoms. The minimum absolute atomic E-state index is 0.108. The van der Waals surface area contributed by atoms with Crippen LogP contribution in [0.2, 0.25) is 0 Å². The van der Waals surface area contributed by atoms with Crippen molar-refractivity contribution < 1.29 is 14.3 Å². The van der Waals surface area contributed by atoms with Gasteiger partial charge in [-0.05, 0) is 43.5 Å². The first-order chi connectivity index (χ1) is 8.79. The van der Waals surface area contributed by atoms with Crippen LogP contribution in [0.4, 0.5) is 0 Å². The molecule has 2 rings (SSSR count). The van der Waals surface area contributed by atoms with Crippen LogP contribution in [0, 0.1) is 5.92 Å². The van der Waals surface area contributed by atoms with Gasteiger partial charge in [0.05, 0.1) is 13.7 Å². The second kappa shape index (κ2) is 6.28. The van der Waals surface area contributed by atoms with Gasteiger partial charge >= 0.3 is 0 Å². The predicted octanol–water partition coefficient (Wildman–Crippen LogP) is 1.99. The zero-order chi connectivity index (χ0) is 12.8. The number of hydrogen-bond donors (Lipinski definition) is 1. The monoisotopic (exact) mass is 249 g/mol. The minimum atomic E-state index is 0.108. The number of carbonyl (C=O) groups is 1. The molecule has 1 heterocycles. The predicted molar refractivity (Wildman–Crippen MR) is 68.8 cm³/mol. The van der Waals surface area contributed by atoms with E-state index in [1.54, 1.807) is 7.11 Å². The topological polar surface area (TPSA) is 47.6 Å². The molecular formula is C14H19NO3. The Morgan fingerprint density at radius 1 is 1.28 bits per heavy atom. The number of carbonyl (C=O) groups excluding carboxylic acids is 1. The number of rotatable bonds is 5. The molecule has 18 heavy (non-hydrogen) atoms. The second-order valence-electron chi connectivity index (χ2n) is 4.44. The van der Waals surface area contributed by atoms with Gasteiger partial charge in [0.1, 0.15) is 11.5 Å². The highest BCUT2D eigenvalue weighted by Crippen LogP contribution is 2.19. The maximum atomic E-state index is 11.5. The van der Waals surface area contributed by atoms with Crippen LogP contribution in [0.25, 0.3) is 0 Å². The number of benzene rings is 1. The SMILES string of the molecule is COc1ccc(OCCC2CCCNC2=O)cc1. The molecule has 98 valence electrons. The summed E-state index contributed by atoms with van der Waals surface area (Å²) in [6, 6.07) is 7.48. The Labute approximate surface area is 107 Å². The highest BCUT2D eigenvalue weighted by molar-refractivity contribution is 5.79. The van der Waals surface area contributed by atoms with Crippen LogP contribution in [-0.4, -0.2) is 26.2 Å². The van der Waals surface area contributed by atoms with Gasteiger partial charge in [0.2, 0.25) is 5.91 Å². The fraction of sp³-hybridized carbons (Fsp3) is 0.500. The molecule has 4 heteroatoms. The van der Waals surface area contributed by atoms with Crippen molar-refractivity contribution >= 4 is 5.91 Å². The molecule has 1 aliphatic heterocycles. The van der Waals surface area contributed by atoms with Gasteiger partial charge in [-0.2, -0.15) is 0 Å². The maximum absolute atomic E-state index is 11.5. The zero-order valence-corrected chi connectivity index (χ0v) is 10.6. The highest BCUT2D eigenvalue weighted by atomic mass is 16.5. The number of nitrogens with one attached hydrogen (secondary N) is 1. The summed E-state index contributed by atoms with van der Waals surface area (Å²) in [6.07, 6.45) is 2.81. The molecule has 1 unspecified atom stereocenters. The van der Waals surface area contributed by atoms with Gasteiger partial charge in [-0.1, -0.05) is 0 Å². The number of amides is 1. The Kier molecular flexibility index (Phi) is 4.45. The Morgan fingerprint density at radius 3 is 2.67 bits per heavy atom. The van der Waals surface area contributed by atoms with E-state index in [4.69, 9.17) is 9.47 Å². The Hall–Kier alpha value is -1.71. The first-order valence-electron chi connectivity index (χ1n) is 6.34. The standard InChI is InChI=1S/C14H19NO3/c1-17-12-4-6-13(7-5-12)18-10-8-11-3-2-9-15-14(11)16/h4-7,11H,2-3,8-10H2,1H3,(H,15,16). The highest BCUT2D eigenvalue weighted by Gasteiger charge is 2.21. The normalized spacial score (nSPS) is 19.2. The lowest BCUT2D eigenvalue weighted by atomic mass is 9.96. The number of ether oxygens (including phenoxy) is 2. The third kappa shape index (κ3) is 3.39. The summed E-state index contributed by atoms with van der Waals surface area (Å²) in [7, 11) is 1.64. The van der Waals surface area contributed by atoms with E-state index in [2.05, 4.69) is 5.32 Å². The smallest absolute Gasteiger partial charge is 0.223 e. The molecule has 1 amide bonds. The second-order valence-corrected chi connectivity index (χ2v) is 4.44. The van der Waals surface area contributed by atoms with Crippen LogP contribution in [0.5, 0.6) is 11.5 Å². The average Bonchev–Trinajstić information content (AvgIpc) is 2.42. The lowest BCUT2D eigenvalue weighted by Crippen LogP contribution is -2.37. The van der Waals surface area contributed by atoms with Crippen molar-refractivity contribution in [2.45, 2.75) is 19.3 Å². The fourth-order valence-corrected chi connectivity index (χ4v) is 2.10. The van der Waals surface area contributed by atoms with E-state index < -0.39 is 0 Å². The van der Waals surface area contributed by atoms with Crippen LogP contribution >= 0.6 is 0 Å². The molecule has 0 saturated carbocycles. The van der Waals surface area contributed by atoms with Crippen molar-refractivity contribution in [1.29, 1.82) is 0 Å². The minimum Gasteiger partial charge on any atom is -0.497 e. The largest absolute Gasteiger partial charge is 0.497 e. The summed E-state index contributed by atoms with van der Waals surface area (Å²) >= 11 is 0. The molecule has 0 radical (unpaired) electrons. The van der Waals surface area contributed by atoms with Gasteiger partial charge in [0, 0.05) is 12.5 Å². The van der Waals surface area contributed by atoms with Crippen LogP contribution < -0.4 is 14.8 Å². The lowest BCUT2D eigenvalue weighted by Gasteiger charge is -2.21. The zero-order valence-electron chi connectivity index (χ0n) is 10.6. The first kappa shape index (κ1) is 12.7. The van der Waals surface area contributed by atoms with Crippen molar-refractivity contribution in [2.24, 2.45) is 5.92 Å². The van der Waals surface area contributed by atoms with E-state index in [1.807, 2.05) is 24.3 Å². The molecule has 1 aliphatic rings. The van der Waals surface area contributed by atoms with Crippen molar-refractivity contribution in [3.8, 4) is 11.5 Å². The molecule has 1 N–H and O–H groups in total. The van der Waals surface area contributed by atoms with Crippen molar-refractivity contribution in [3.05, 3.63) is 24.3 Å². The van der Waals surface area contributed by atoms with Gasteiger partial charge < -0.3 is 14.8 Å². The summed E-state index contributed by atoms with van der Waals surface area (Å²) < 4.78 is 10.7. The van der Waals surface area contributed by atoms with Gasteiger partial charge in [-0.15, -0.1) is 0 Å². The molecule has 0 aromatic heterocycles. The van der Waals surface area contributed by atoms with E-state index in [1.165, 1.54) is 0 Å². The molecule has 0 aliphatic carbocycles. The number of hydrogen-bond acceptors (Lipinski definition) is 3. The van der Waals surface area contributed by atoms with Crippen molar-refractivity contribution in [3.63, 3.8) is 0 Å². The average molecular weight is 249 g/mol. The maximum Gasteiger partial charge on any atom is 0.223 e. The van der Waals surface area contributed by atoms with Crippen LogP contribution in [0.3, 0.4) is 0 Å². The summed E-state index contributed by atoms with van der Waals surface area (Å²) in [4.78, 5) is 11.5. The Bertz CT molecular complexity index is 389. The molecule has 4 nitrogen and oxygen atoms in total. The van der Waals surface area contributed by atoms with E-state index in [0.717, 1.165) is 37.3 Å². The van der Waals surface area contributed by atoms with Gasteiger partial charge in [0.25, 0.3) is 0 Å². The summed E-state index contributed by atoms with van der Waals surface area (Å²) in [5, 5.41) is 2.88. The number of methoxy groups -OCH3 is 1. The molecule has 1 atom stereocenters. The van der Waals surface area contributed by atoms with E-state index in [0.29, 0.717) is 6.61 Å². The Morgan fingerprint density at radius 2 is 2.00 bits per heavy atom. The molecule has 0 spiro atoms. The molecule has 1 aromatic rings. The van der Waals surface area contributed by atoms with E-state index >= 15 is 0 Å². The van der Waals surface area contributed by atoms with Crippen LogP contribution in [0.15, 0.2) is 24.3 Å².